The fourth-order valence-corrected chi connectivity index (χ4v) is 2.05. The Morgan fingerprint density at radius 1 is 1.21 bits per heavy atom. The van der Waals surface area contributed by atoms with Crippen molar-refractivity contribution in [3.8, 4) is 6.07 Å². The Hall–Kier alpha value is -1.62. The molecule has 7 nitrogen and oxygen atoms in total. The fourth-order valence-electron chi connectivity index (χ4n) is 1.94. The van der Waals surface area contributed by atoms with Gasteiger partial charge in [0.15, 0.2) is 0 Å². The Morgan fingerprint density at radius 3 is 2.21 bits per heavy atom. The number of nitriles is 1. The molecule has 2 atom stereocenters. The van der Waals surface area contributed by atoms with Crippen molar-refractivity contribution < 1.29 is 29.0 Å². The van der Waals surface area contributed by atoms with Crippen LogP contribution in [0.3, 0.4) is 0 Å². The van der Waals surface area contributed by atoms with Gasteiger partial charge in [0, 0.05) is 6.42 Å². The smallest absolute Gasteiger partial charge is 0.322 e. The summed E-state index contributed by atoms with van der Waals surface area (Å²) in [5.74, 6) is -2.52. The van der Waals surface area contributed by atoms with Crippen LogP contribution in [0.4, 0.5) is 0 Å². The molecule has 0 heterocycles. The van der Waals surface area contributed by atoms with Crippen LogP contribution in [0, 0.1) is 22.7 Å². The van der Waals surface area contributed by atoms with Gasteiger partial charge in [0.25, 0.3) is 0 Å². The lowest BCUT2D eigenvalue weighted by Crippen LogP contribution is -2.29. The molecule has 0 aromatic rings. The van der Waals surface area contributed by atoms with Crippen molar-refractivity contribution in [3.63, 3.8) is 0 Å². The van der Waals surface area contributed by atoms with E-state index < -0.39 is 33.6 Å². The second-order valence-electron chi connectivity index (χ2n) is 6.45. The van der Waals surface area contributed by atoms with E-state index in [1.54, 1.807) is 27.7 Å². The van der Waals surface area contributed by atoms with Crippen molar-refractivity contribution in [1.29, 1.82) is 5.26 Å². The molecule has 0 spiro atoms. The number of carbonyl (C=O) groups is 3. The molecular weight excluding hydrogens is 382 g/mol. The summed E-state index contributed by atoms with van der Waals surface area (Å²) in [6, 6.07) is 2.07. The lowest BCUT2D eigenvalue weighted by atomic mass is 9.79. The predicted octanol–water partition coefficient (Wildman–Crippen LogP) is 2.67. The standard InChI is InChI=1S/C16H24BrNO6/c1-11(9-16(4,10-18)6-5-12(19)20)13(21)23-7-8-24-14(22)15(2,3)17/h11H,5-9H2,1-4H3,(H,19,20). The van der Waals surface area contributed by atoms with Crippen LogP contribution in [0.25, 0.3) is 0 Å². The highest BCUT2D eigenvalue weighted by Gasteiger charge is 2.31. The van der Waals surface area contributed by atoms with Gasteiger partial charge in [-0.3, -0.25) is 14.4 Å². The molecule has 0 saturated carbocycles. The number of aliphatic carboxylic acids is 1. The molecule has 0 amide bonds. The van der Waals surface area contributed by atoms with Gasteiger partial charge >= 0.3 is 17.9 Å². The molecular formula is C16H24BrNO6. The highest BCUT2D eigenvalue weighted by molar-refractivity contribution is 9.10. The van der Waals surface area contributed by atoms with E-state index in [0.29, 0.717) is 0 Å². The van der Waals surface area contributed by atoms with Gasteiger partial charge in [0.1, 0.15) is 17.5 Å². The van der Waals surface area contributed by atoms with Crippen LogP contribution in [0.5, 0.6) is 0 Å². The summed E-state index contributed by atoms with van der Waals surface area (Å²) in [6.45, 7) is 6.40. The van der Waals surface area contributed by atoms with E-state index in [9.17, 15) is 19.6 Å². The number of alkyl halides is 1. The summed E-state index contributed by atoms with van der Waals surface area (Å²) >= 11 is 3.16. The number of hydrogen-bond donors (Lipinski definition) is 1. The average Bonchev–Trinajstić information content (AvgIpc) is 2.48. The molecule has 0 aliphatic heterocycles. The predicted molar refractivity (Wildman–Crippen MR) is 89.3 cm³/mol. The number of halogens is 1. The summed E-state index contributed by atoms with van der Waals surface area (Å²) in [4.78, 5) is 34.1. The molecule has 0 rings (SSSR count). The first-order chi connectivity index (χ1) is 10.9. The van der Waals surface area contributed by atoms with Gasteiger partial charge in [-0.05, 0) is 33.6 Å². The zero-order valence-electron chi connectivity index (χ0n) is 14.4. The SMILES string of the molecule is CC(CC(C)(C#N)CCC(=O)O)C(=O)OCCOC(=O)C(C)(C)Br. The number of nitrogens with zero attached hydrogens (tertiary/aromatic N) is 1. The van der Waals surface area contributed by atoms with Crippen LogP contribution in [0.1, 0.15) is 47.0 Å². The fraction of sp³-hybridized carbons (Fsp3) is 0.750. The van der Waals surface area contributed by atoms with Gasteiger partial charge in [0.2, 0.25) is 0 Å². The zero-order valence-corrected chi connectivity index (χ0v) is 16.0. The van der Waals surface area contributed by atoms with E-state index in [1.165, 1.54) is 0 Å². The topological polar surface area (TPSA) is 114 Å². The molecule has 0 bridgehead atoms. The number of carboxylic acids is 1. The van der Waals surface area contributed by atoms with Crippen LogP contribution in [0.15, 0.2) is 0 Å². The molecule has 0 saturated heterocycles. The molecule has 2 unspecified atom stereocenters. The lowest BCUT2D eigenvalue weighted by molar-refractivity contribution is -0.156. The normalized spacial score (nSPS) is 14.8. The summed E-state index contributed by atoms with van der Waals surface area (Å²) in [5, 5.41) is 17.9. The molecule has 0 radical (unpaired) electrons. The Balaban J connectivity index is 4.30. The van der Waals surface area contributed by atoms with Crippen molar-refractivity contribution in [2.45, 2.75) is 51.3 Å². The molecule has 0 aliphatic carbocycles. The van der Waals surface area contributed by atoms with E-state index >= 15 is 0 Å². The van der Waals surface area contributed by atoms with Crippen LogP contribution in [-0.2, 0) is 23.9 Å². The summed E-state index contributed by atoms with van der Waals surface area (Å²) in [6.07, 6.45) is 0.225. The minimum atomic E-state index is -0.983. The van der Waals surface area contributed by atoms with Gasteiger partial charge in [-0.15, -0.1) is 0 Å². The first-order valence-corrected chi connectivity index (χ1v) is 8.36. The average molecular weight is 406 g/mol. The maximum atomic E-state index is 11.9. The first kappa shape index (κ1) is 22.4. The van der Waals surface area contributed by atoms with Gasteiger partial charge in [-0.2, -0.15) is 5.26 Å². The van der Waals surface area contributed by atoms with Crippen LogP contribution in [-0.4, -0.2) is 40.6 Å². The van der Waals surface area contributed by atoms with Crippen molar-refractivity contribution >= 4 is 33.8 Å². The molecule has 0 fully saturated rings. The number of carboxylic acid groups (broad SMARTS) is 1. The Bertz CT molecular complexity index is 508. The number of carbonyl (C=O) groups excluding carboxylic acids is 2. The number of ether oxygens (including phenoxy) is 2. The van der Waals surface area contributed by atoms with Gasteiger partial charge in [-0.25, -0.2) is 0 Å². The largest absolute Gasteiger partial charge is 0.481 e. The first-order valence-electron chi connectivity index (χ1n) is 7.57. The van der Waals surface area contributed by atoms with Gasteiger partial charge in [0.05, 0.1) is 17.4 Å². The Kier molecular flexibility index (Phi) is 8.97. The molecule has 0 aromatic carbocycles. The maximum absolute atomic E-state index is 11.9. The highest BCUT2D eigenvalue weighted by Crippen LogP contribution is 2.31. The molecule has 136 valence electrons. The minimum Gasteiger partial charge on any atom is -0.481 e. The van der Waals surface area contributed by atoms with E-state index in [0.717, 1.165) is 0 Å². The molecule has 24 heavy (non-hydrogen) atoms. The Morgan fingerprint density at radius 2 is 1.75 bits per heavy atom. The number of hydrogen-bond acceptors (Lipinski definition) is 6. The monoisotopic (exact) mass is 405 g/mol. The highest BCUT2D eigenvalue weighted by atomic mass is 79.9. The van der Waals surface area contributed by atoms with Crippen molar-refractivity contribution in [1.82, 2.24) is 0 Å². The molecule has 1 N–H and O–H groups in total. The lowest BCUT2D eigenvalue weighted by Gasteiger charge is -2.23. The van der Waals surface area contributed by atoms with E-state index in [-0.39, 0.29) is 32.5 Å². The maximum Gasteiger partial charge on any atom is 0.322 e. The van der Waals surface area contributed by atoms with E-state index in [1.807, 2.05) is 0 Å². The van der Waals surface area contributed by atoms with E-state index in [4.69, 9.17) is 14.6 Å². The zero-order chi connectivity index (χ0) is 19.0. The summed E-state index contributed by atoms with van der Waals surface area (Å²) < 4.78 is 9.17. The number of rotatable bonds is 10. The van der Waals surface area contributed by atoms with Crippen molar-refractivity contribution in [3.05, 3.63) is 0 Å². The second kappa shape index (κ2) is 9.62. The van der Waals surface area contributed by atoms with Crippen LogP contribution < -0.4 is 0 Å². The van der Waals surface area contributed by atoms with Crippen LogP contribution >= 0.6 is 15.9 Å². The summed E-state index contributed by atoms with van der Waals surface area (Å²) in [5.41, 5.74) is -0.913. The minimum absolute atomic E-state index is 0.0547. The third kappa shape index (κ3) is 8.87. The quantitative estimate of drug-likeness (QED) is 0.337. The molecule has 8 heteroatoms. The van der Waals surface area contributed by atoms with Crippen molar-refractivity contribution in [2.75, 3.05) is 13.2 Å². The number of esters is 2. The second-order valence-corrected chi connectivity index (χ2v) is 8.43. The third-order valence-corrected chi connectivity index (χ3v) is 3.69. The Labute approximate surface area is 150 Å². The van der Waals surface area contributed by atoms with Gasteiger partial charge < -0.3 is 14.6 Å². The van der Waals surface area contributed by atoms with E-state index in [2.05, 4.69) is 22.0 Å². The van der Waals surface area contributed by atoms with Crippen LogP contribution in [0.2, 0.25) is 0 Å². The third-order valence-electron chi connectivity index (χ3n) is 3.37. The summed E-state index contributed by atoms with van der Waals surface area (Å²) in [7, 11) is 0. The van der Waals surface area contributed by atoms with Gasteiger partial charge in [-0.1, -0.05) is 22.9 Å². The molecule has 0 aliphatic rings. The molecule has 0 aromatic heterocycles. The van der Waals surface area contributed by atoms with Crippen molar-refractivity contribution in [2.24, 2.45) is 11.3 Å².